The largest absolute Gasteiger partial charge is 0.468 e. The molecule has 0 radical (unpaired) electrons. The van der Waals surface area contributed by atoms with Crippen molar-refractivity contribution in [1.29, 1.82) is 0 Å². The van der Waals surface area contributed by atoms with Gasteiger partial charge >= 0.3 is 11.9 Å². The summed E-state index contributed by atoms with van der Waals surface area (Å²) in [5.41, 5.74) is 4.54. The predicted molar refractivity (Wildman–Crippen MR) is 151 cm³/mol. The minimum absolute atomic E-state index is 0.0943. The molecule has 0 bridgehead atoms. The average Bonchev–Trinajstić information content (AvgIpc) is 3.39. The molecule has 2 unspecified atom stereocenters. The number of imidazole rings is 1. The van der Waals surface area contributed by atoms with Crippen LogP contribution in [0.25, 0.3) is 6.08 Å². The third-order valence-corrected chi connectivity index (χ3v) is 6.91. The highest BCUT2D eigenvalue weighted by Gasteiger charge is 2.42. The zero-order valence-corrected chi connectivity index (χ0v) is 23.1. The fraction of sp³-hybridized carbons (Fsp3) is 0.241. The number of hydrogen-bond donors (Lipinski definition) is 0. The van der Waals surface area contributed by atoms with Gasteiger partial charge in [0.05, 0.1) is 19.0 Å². The topological polar surface area (TPSA) is 82.8 Å². The maximum absolute atomic E-state index is 13.3. The highest BCUT2D eigenvalue weighted by Crippen LogP contribution is 2.40. The van der Waals surface area contributed by atoms with Gasteiger partial charge in [0.25, 0.3) is 0 Å². The number of methoxy groups -OCH3 is 1. The van der Waals surface area contributed by atoms with Crippen molar-refractivity contribution in [3.05, 3.63) is 105 Å². The zero-order chi connectivity index (χ0) is 26.4. The van der Waals surface area contributed by atoms with E-state index < -0.39 is 23.8 Å². The Hall–Kier alpha value is -3.53. The van der Waals surface area contributed by atoms with Gasteiger partial charge in [-0.25, -0.2) is 9.78 Å². The summed E-state index contributed by atoms with van der Waals surface area (Å²) < 4.78 is 13.7. The molecular formula is C29H28IN3O4. The Bertz CT molecular complexity index is 1360. The molecule has 2 atom stereocenters. The Morgan fingerprint density at radius 2 is 1.92 bits per heavy atom. The summed E-state index contributed by atoms with van der Waals surface area (Å²) in [7, 11) is 1.35. The monoisotopic (exact) mass is 609 g/mol. The van der Waals surface area contributed by atoms with Crippen molar-refractivity contribution >= 4 is 46.3 Å². The number of aromatic nitrogens is 2. The third-order valence-electron chi connectivity index (χ3n) is 6.24. The van der Waals surface area contributed by atoms with Crippen molar-refractivity contribution < 1.29 is 19.1 Å². The van der Waals surface area contributed by atoms with E-state index in [9.17, 15) is 9.59 Å². The molecule has 0 saturated carbocycles. The molecule has 1 aliphatic rings. The summed E-state index contributed by atoms with van der Waals surface area (Å²) in [5.74, 6) is -2.17. The van der Waals surface area contributed by atoms with Crippen molar-refractivity contribution in [2.45, 2.75) is 26.3 Å². The fourth-order valence-corrected chi connectivity index (χ4v) is 5.07. The standard InChI is InChI=1S/C29H28IN3O4/c1-19-25(28(34)36-3)27(23-7-4-8-24(30)16-23)26(20(2)32-19)29(35)37-15-5-6-21-9-11-22(12-10-21)17-33-14-13-31-18-33/h4-14,16,18,25,27H,15,17H2,1-3H3. The number of aliphatic imine (C=N–C) groups is 1. The molecule has 7 nitrogen and oxygen atoms in total. The van der Waals surface area contributed by atoms with Gasteiger partial charge in [0, 0.05) is 39.8 Å². The summed E-state index contributed by atoms with van der Waals surface area (Å²) >= 11 is 2.22. The van der Waals surface area contributed by atoms with E-state index in [-0.39, 0.29) is 6.61 Å². The van der Waals surface area contributed by atoms with Crippen LogP contribution in [0.2, 0.25) is 0 Å². The Labute approximate surface area is 230 Å². The summed E-state index contributed by atoms with van der Waals surface area (Å²) in [5, 5.41) is 0. The normalized spacial score (nSPS) is 17.6. The smallest absolute Gasteiger partial charge is 0.336 e. The van der Waals surface area contributed by atoms with Crippen molar-refractivity contribution in [1.82, 2.24) is 9.55 Å². The van der Waals surface area contributed by atoms with Crippen molar-refractivity contribution in [3.8, 4) is 0 Å². The Kier molecular flexibility index (Phi) is 8.70. The molecule has 0 aliphatic carbocycles. The molecule has 190 valence electrons. The molecule has 2 heterocycles. The van der Waals surface area contributed by atoms with Gasteiger partial charge in [0.15, 0.2) is 0 Å². The molecule has 4 rings (SSSR count). The summed E-state index contributed by atoms with van der Waals surface area (Å²) in [6, 6.07) is 15.9. The van der Waals surface area contributed by atoms with E-state index in [1.807, 2.05) is 53.2 Å². The number of halogens is 1. The van der Waals surface area contributed by atoms with Crippen LogP contribution in [-0.2, 0) is 25.6 Å². The van der Waals surface area contributed by atoms with Crippen molar-refractivity contribution in [2.24, 2.45) is 10.9 Å². The van der Waals surface area contributed by atoms with E-state index in [4.69, 9.17) is 9.47 Å². The second kappa shape index (κ2) is 12.1. The maximum atomic E-state index is 13.3. The molecule has 1 aliphatic heterocycles. The van der Waals surface area contributed by atoms with Gasteiger partial charge in [-0.1, -0.05) is 42.5 Å². The molecule has 3 aromatic rings. The van der Waals surface area contributed by atoms with Crippen LogP contribution in [-0.4, -0.2) is 40.9 Å². The van der Waals surface area contributed by atoms with E-state index >= 15 is 0 Å². The van der Waals surface area contributed by atoms with Crippen molar-refractivity contribution in [3.63, 3.8) is 0 Å². The number of carbonyl (C=O) groups excluding carboxylic acids is 2. The minimum Gasteiger partial charge on any atom is -0.468 e. The van der Waals surface area contributed by atoms with E-state index in [0.29, 0.717) is 17.0 Å². The number of ether oxygens (including phenoxy) is 2. The van der Waals surface area contributed by atoms with Crippen LogP contribution in [0.1, 0.15) is 36.5 Å². The van der Waals surface area contributed by atoms with Gasteiger partial charge in [-0.3, -0.25) is 9.79 Å². The van der Waals surface area contributed by atoms with Gasteiger partial charge < -0.3 is 14.0 Å². The molecule has 0 spiro atoms. The second-order valence-electron chi connectivity index (χ2n) is 8.76. The number of benzene rings is 2. The van der Waals surface area contributed by atoms with Crippen LogP contribution in [0.4, 0.5) is 0 Å². The number of nitrogens with zero attached hydrogens (tertiary/aromatic N) is 3. The number of hydrogen-bond acceptors (Lipinski definition) is 6. The van der Waals surface area contributed by atoms with Crippen LogP contribution in [0.3, 0.4) is 0 Å². The van der Waals surface area contributed by atoms with Crippen LogP contribution in [0, 0.1) is 9.49 Å². The maximum Gasteiger partial charge on any atom is 0.336 e. The van der Waals surface area contributed by atoms with Gasteiger partial charge in [0.1, 0.15) is 12.5 Å². The van der Waals surface area contributed by atoms with Crippen LogP contribution >= 0.6 is 22.6 Å². The molecule has 0 amide bonds. The predicted octanol–water partition coefficient (Wildman–Crippen LogP) is 5.41. The minimum atomic E-state index is -0.703. The number of esters is 2. The highest BCUT2D eigenvalue weighted by molar-refractivity contribution is 14.1. The lowest BCUT2D eigenvalue weighted by Gasteiger charge is -2.31. The van der Waals surface area contributed by atoms with E-state index in [1.54, 1.807) is 32.4 Å². The number of carbonyl (C=O) groups is 2. The summed E-state index contributed by atoms with van der Waals surface area (Å²) in [4.78, 5) is 34.6. The Morgan fingerprint density at radius 1 is 1.14 bits per heavy atom. The van der Waals surface area contributed by atoms with Crippen LogP contribution in [0.5, 0.6) is 0 Å². The molecular weight excluding hydrogens is 581 g/mol. The molecule has 8 heteroatoms. The number of rotatable bonds is 8. The first-order valence-electron chi connectivity index (χ1n) is 11.8. The fourth-order valence-electron chi connectivity index (χ4n) is 4.51. The lowest BCUT2D eigenvalue weighted by molar-refractivity contribution is -0.143. The van der Waals surface area contributed by atoms with Crippen LogP contribution < -0.4 is 0 Å². The highest BCUT2D eigenvalue weighted by atomic mass is 127. The van der Waals surface area contributed by atoms with E-state index in [1.165, 1.54) is 12.7 Å². The molecule has 37 heavy (non-hydrogen) atoms. The van der Waals surface area contributed by atoms with E-state index in [2.05, 4.69) is 44.7 Å². The summed E-state index contributed by atoms with van der Waals surface area (Å²) in [6.45, 7) is 4.41. The first kappa shape index (κ1) is 26.5. The first-order valence-corrected chi connectivity index (χ1v) is 12.9. The van der Waals surface area contributed by atoms with Crippen LogP contribution in [0.15, 0.2) is 89.6 Å². The quantitative estimate of drug-likeness (QED) is 0.252. The molecule has 1 aromatic heterocycles. The van der Waals surface area contributed by atoms with Crippen molar-refractivity contribution in [2.75, 3.05) is 13.7 Å². The molecule has 0 fully saturated rings. The Morgan fingerprint density at radius 3 is 2.59 bits per heavy atom. The lowest BCUT2D eigenvalue weighted by atomic mass is 9.75. The summed E-state index contributed by atoms with van der Waals surface area (Å²) in [6.07, 6.45) is 9.18. The Balaban J connectivity index is 1.48. The molecule has 2 aromatic carbocycles. The van der Waals surface area contributed by atoms with Gasteiger partial charge in [-0.15, -0.1) is 0 Å². The number of allylic oxidation sites excluding steroid dienone is 1. The zero-order valence-electron chi connectivity index (χ0n) is 20.9. The molecule has 0 N–H and O–H groups in total. The SMILES string of the molecule is COC(=O)C1C(C)=NC(C)=C(C(=O)OCC=Cc2ccc(Cn3ccnc3)cc2)C1c1cccc(I)c1. The second-order valence-corrected chi connectivity index (χ2v) is 10.0. The van der Waals surface area contributed by atoms with Gasteiger partial charge in [-0.05, 0) is 71.3 Å². The van der Waals surface area contributed by atoms with Gasteiger partial charge in [-0.2, -0.15) is 0 Å². The first-order chi connectivity index (χ1) is 17.9. The third kappa shape index (κ3) is 6.43. The average molecular weight is 609 g/mol. The van der Waals surface area contributed by atoms with E-state index in [0.717, 1.165) is 21.2 Å². The lowest BCUT2D eigenvalue weighted by Crippen LogP contribution is -2.36. The molecule has 0 saturated heterocycles. The van der Waals surface area contributed by atoms with Gasteiger partial charge in [0.2, 0.25) is 0 Å².